The number of ether oxygens (including phenoxy) is 1. The predicted molar refractivity (Wildman–Crippen MR) is 65.0 cm³/mol. The third kappa shape index (κ3) is 4.19. The minimum absolute atomic E-state index is 0.00379. The summed E-state index contributed by atoms with van der Waals surface area (Å²) in [5.41, 5.74) is 5.74. The van der Waals surface area contributed by atoms with Gasteiger partial charge in [0.1, 0.15) is 0 Å². The second-order valence-corrected chi connectivity index (χ2v) is 3.72. The molecule has 0 saturated heterocycles. The number of unbranched alkanes of at least 4 members (excludes halogenated alkanes) is 1. The molecule has 5 heteroatoms. The number of nitrogens with one attached hydrogen (secondary N) is 1. The smallest absolute Gasteiger partial charge is 0.183 e. The van der Waals surface area contributed by atoms with Crippen LogP contribution in [0.2, 0.25) is 0 Å². The largest absolute Gasteiger partial charge is 0.397 e. The van der Waals surface area contributed by atoms with Crippen molar-refractivity contribution in [1.29, 1.82) is 0 Å². The minimum atomic E-state index is -0.946. The lowest BCUT2D eigenvalue weighted by atomic mass is 10.2. The van der Waals surface area contributed by atoms with Gasteiger partial charge in [0.25, 0.3) is 0 Å². The van der Waals surface area contributed by atoms with Crippen molar-refractivity contribution in [3.05, 3.63) is 23.8 Å². The van der Waals surface area contributed by atoms with Crippen molar-refractivity contribution in [3.63, 3.8) is 0 Å². The first-order valence-electron chi connectivity index (χ1n) is 5.72. The summed E-state index contributed by atoms with van der Waals surface area (Å²) in [6, 6.07) is 2.34. The summed E-state index contributed by atoms with van der Waals surface area (Å²) in [5, 5.41) is 2.73. The number of halogens is 2. The molecule has 0 fully saturated rings. The van der Waals surface area contributed by atoms with E-state index in [4.69, 9.17) is 10.5 Å². The molecule has 0 aromatic heterocycles. The van der Waals surface area contributed by atoms with Gasteiger partial charge in [-0.05, 0) is 18.6 Å². The first kappa shape index (κ1) is 13.7. The second-order valence-electron chi connectivity index (χ2n) is 3.72. The Balaban J connectivity index is 2.39. The van der Waals surface area contributed by atoms with Crippen LogP contribution in [0.25, 0.3) is 0 Å². The lowest BCUT2D eigenvalue weighted by molar-refractivity contribution is 0.141. The van der Waals surface area contributed by atoms with Crippen LogP contribution in [0.3, 0.4) is 0 Å². The third-order valence-corrected chi connectivity index (χ3v) is 2.32. The molecule has 0 heterocycles. The highest BCUT2D eigenvalue weighted by Crippen LogP contribution is 2.24. The fourth-order valence-corrected chi connectivity index (χ4v) is 1.34. The number of anilines is 2. The standard InChI is InChI=1S/C12H18F2N2O/c1-2-3-7-17-8-6-16-12-10(15)5-4-9(13)11(12)14/h4-5,16H,2-3,6-8,15H2,1H3. The molecule has 0 aliphatic heterocycles. The monoisotopic (exact) mass is 244 g/mol. The van der Waals surface area contributed by atoms with Crippen molar-refractivity contribution in [2.24, 2.45) is 0 Å². The molecule has 0 aliphatic rings. The minimum Gasteiger partial charge on any atom is -0.397 e. The lowest BCUT2D eigenvalue weighted by Gasteiger charge is -2.11. The van der Waals surface area contributed by atoms with Crippen LogP contribution in [0.15, 0.2) is 12.1 Å². The molecule has 96 valence electrons. The van der Waals surface area contributed by atoms with E-state index in [2.05, 4.69) is 12.2 Å². The van der Waals surface area contributed by atoms with E-state index in [1.807, 2.05) is 0 Å². The Kier molecular flexibility index (Phi) is 5.69. The van der Waals surface area contributed by atoms with E-state index in [1.165, 1.54) is 6.07 Å². The molecule has 0 aliphatic carbocycles. The van der Waals surface area contributed by atoms with Crippen LogP contribution in [0.5, 0.6) is 0 Å². The lowest BCUT2D eigenvalue weighted by Crippen LogP contribution is -2.13. The fraction of sp³-hybridized carbons (Fsp3) is 0.500. The van der Waals surface area contributed by atoms with Crippen LogP contribution in [0.1, 0.15) is 19.8 Å². The highest BCUT2D eigenvalue weighted by molar-refractivity contribution is 5.66. The van der Waals surface area contributed by atoms with Crippen LogP contribution < -0.4 is 11.1 Å². The number of hydrogen-bond donors (Lipinski definition) is 2. The van der Waals surface area contributed by atoms with Crippen LogP contribution in [0.4, 0.5) is 20.2 Å². The maximum absolute atomic E-state index is 13.3. The van der Waals surface area contributed by atoms with Gasteiger partial charge < -0.3 is 15.8 Å². The summed E-state index contributed by atoms with van der Waals surface area (Å²) in [5.74, 6) is -1.85. The molecule has 0 saturated carbocycles. The molecule has 0 amide bonds. The summed E-state index contributed by atoms with van der Waals surface area (Å²) >= 11 is 0. The molecule has 3 N–H and O–H groups in total. The van der Waals surface area contributed by atoms with Crippen molar-refractivity contribution in [1.82, 2.24) is 0 Å². The summed E-state index contributed by atoms with van der Waals surface area (Å²) < 4.78 is 31.6. The van der Waals surface area contributed by atoms with Crippen LogP contribution >= 0.6 is 0 Å². The number of nitrogen functional groups attached to an aromatic ring is 1. The fourth-order valence-electron chi connectivity index (χ4n) is 1.34. The van der Waals surface area contributed by atoms with E-state index in [0.29, 0.717) is 19.8 Å². The average Bonchev–Trinajstić information content (AvgIpc) is 2.32. The normalized spacial score (nSPS) is 10.5. The number of hydrogen-bond acceptors (Lipinski definition) is 3. The molecule has 0 radical (unpaired) electrons. The quantitative estimate of drug-likeness (QED) is 0.572. The summed E-state index contributed by atoms with van der Waals surface area (Å²) in [6.07, 6.45) is 2.06. The molecule has 3 nitrogen and oxygen atoms in total. The van der Waals surface area contributed by atoms with Gasteiger partial charge in [-0.1, -0.05) is 13.3 Å². The second kappa shape index (κ2) is 7.06. The molecule has 0 unspecified atom stereocenters. The zero-order valence-corrected chi connectivity index (χ0v) is 9.93. The zero-order valence-electron chi connectivity index (χ0n) is 9.93. The van der Waals surface area contributed by atoms with E-state index in [-0.39, 0.29) is 11.4 Å². The maximum Gasteiger partial charge on any atom is 0.183 e. The third-order valence-electron chi connectivity index (χ3n) is 2.32. The zero-order chi connectivity index (χ0) is 12.7. The highest BCUT2D eigenvalue weighted by Gasteiger charge is 2.10. The van der Waals surface area contributed by atoms with E-state index >= 15 is 0 Å². The Morgan fingerprint density at radius 3 is 2.76 bits per heavy atom. The van der Waals surface area contributed by atoms with E-state index < -0.39 is 11.6 Å². The van der Waals surface area contributed by atoms with Gasteiger partial charge in [-0.3, -0.25) is 0 Å². The van der Waals surface area contributed by atoms with Gasteiger partial charge in [0.2, 0.25) is 0 Å². The SMILES string of the molecule is CCCCOCCNc1c(N)ccc(F)c1F. The average molecular weight is 244 g/mol. The van der Waals surface area contributed by atoms with Crippen LogP contribution in [-0.2, 0) is 4.74 Å². The van der Waals surface area contributed by atoms with Gasteiger partial charge in [-0.15, -0.1) is 0 Å². The van der Waals surface area contributed by atoms with Gasteiger partial charge in [0, 0.05) is 13.2 Å². The molecular formula is C12H18F2N2O. The molecule has 17 heavy (non-hydrogen) atoms. The van der Waals surface area contributed by atoms with Crippen LogP contribution in [0, 0.1) is 11.6 Å². The van der Waals surface area contributed by atoms with Crippen molar-refractivity contribution in [2.45, 2.75) is 19.8 Å². The van der Waals surface area contributed by atoms with Crippen molar-refractivity contribution in [3.8, 4) is 0 Å². The molecule has 0 atom stereocenters. The van der Waals surface area contributed by atoms with Gasteiger partial charge in [-0.2, -0.15) is 0 Å². The Labute approximate surface area is 100.0 Å². The number of benzene rings is 1. The molecular weight excluding hydrogens is 226 g/mol. The predicted octanol–water partition coefficient (Wildman–Crippen LogP) is 2.78. The van der Waals surface area contributed by atoms with Crippen molar-refractivity contribution < 1.29 is 13.5 Å². The molecule has 1 aromatic carbocycles. The van der Waals surface area contributed by atoms with Gasteiger partial charge in [0.05, 0.1) is 18.0 Å². The van der Waals surface area contributed by atoms with Gasteiger partial charge in [0.15, 0.2) is 11.6 Å². The number of nitrogens with two attached hydrogens (primary N) is 1. The summed E-state index contributed by atoms with van der Waals surface area (Å²) in [7, 11) is 0. The van der Waals surface area contributed by atoms with E-state index in [9.17, 15) is 8.78 Å². The first-order valence-corrected chi connectivity index (χ1v) is 5.72. The Hall–Kier alpha value is -1.36. The van der Waals surface area contributed by atoms with Gasteiger partial charge in [-0.25, -0.2) is 8.78 Å². The first-order chi connectivity index (χ1) is 8.16. The van der Waals surface area contributed by atoms with E-state index in [0.717, 1.165) is 18.9 Å². The topological polar surface area (TPSA) is 47.3 Å². The number of rotatable bonds is 7. The van der Waals surface area contributed by atoms with Crippen molar-refractivity contribution in [2.75, 3.05) is 30.8 Å². The van der Waals surface area contributed by atoms with E-state index in [1.54, 1.807) is 0 Å². The molecule has 1 rings (SSSR count). The highest BCUT2D eigenvalue weighted by atomic mass is 19.2. The maximum atomic E-state index is 13.3. The Bertz CT molecular complexity index is 359. The van der Waals surface area contributed by atoms with Gasteiger partial charge >= 0.3 is 0 Å². The summed E-state index contributed by atoms with van der Waals surface area (Å²) in [6.45, 7) is 3.59. The molecule has 0 spiro atoms. The molecule has 1 aromatic rings. The summed E-state index contributed by atoms with van der Waals surface area (Å²) in [4.78, 5) is 0. The van der Waals surface area contributed by atoms with Crippen LogP contribution in [-0.4, -0.2) is 19.8 Å². The van der Waals surface area contributed by atoms with Crippen molar-refractivity contribution >= 4 is 11.4 Å². The Morgan fingerprint density at radius 1 is 1.29 bits per heavy atom. The Morgan fingerprint density at radius 2 is 2.06 bits per heavy atom. The molecule has 0 bridgehead atoms.